The van der Waals surface area contributed by atoms with Crippen molar-refractivity contribution in [1.29, 1.82) is 0 Å². The van der Waals surface area contributed by atoms with Crippen LogP contribution in [0.1, 0.15) is 167 Å². The molecule has 16 unspecified atom stereocenters. The van der Waals surface area contributed by atoms with Gasteiger partial charge in [-0.15, -0.1) is 13.2 Å². The number of carbonyl (C=O) groups excluding carboxylic acids is 2. The molecule has 5 aliphatic carbocycles. The highest BCUT2D eigenvalue weighted by molar-refractivity contribution is 5.89. The van der Waals surface area contributed by atoms with Gasteiger partial charge in [0.05, 0.1) is 47.8 Å². The maximum atomic E-state index is 14.1. The number of hydrogen-bond acceptors (Lipinski definition) is 12. The molecular weight excluding hydrogens is 889 g/mol. The van der Waals surface area contributed by atoms with Gasteiger partial charge in [0.2, 0.25) is 0 Å². The highest BCUT2D eigenvalue weighted by Crippen LogP contribution is 2.76. The molecule has 17 atom stereocenters. The smallest absolute Gasteiger partial charge is 0.336 e. The Morgan fingerprint density at radius 3 is 2.03 bits per heavy atom. The number of allylic oxidation sites excluding steroid dienone is 4. The second kappa shape index (κ2) is 20.6. The summed E-state index contributed by atoms with van der Waals surface area (Å²) in [6.45, 7) is 32.9. The predicted molar refractivity (Wildman–Crippen MR) is 271 cm³/mol. The molecule has 12 nitrogen and oxygen atoms in total. The highest BCUT2D eigenvalue weighted by atomic mass is 16.7. The van der Waals surface area contributed by atoms with Crippen molar-refractivity contribution in [2.75, 3.05) is 13.2 Å². The van der Waals surface area contributed by atoms with E-state index in [1.807, 2.05) is 0 Å². The number of ether oxygens (including phenoxy) is 4. The van der Waals surface area contributed by atoms with Gasteiger partial charge < -0.3 is 49.6 Å². The van der Waals surface area contributed by atoms with Crippen LogP contribution in [0.4, 0.5) is 0 Å². The van der Waals surface area contributed by atoms with Gasteiger partial charge in [-0.25, -0.2) is 9.59 Å². The summed E-state index contributed by atoms with van der Waals surface area (Å²) in [5.41, 5.74) is -1.15. The van der Waals surface area contributed by atoms with Crippen molar-refractivity contribution in [1.82, 2.24) is 0 Å². The summed E-state index contributed by atoms with van der Waals surface area (Å²) in [5, 5.41) is 65.5. The van der Waals surface area contributed by atoms with Gasteiger partial charge in [0, 0.05) is 10.8 Å². The van der Waals surface area contributed by atoms with Crippen LogP contribution >= 0.6 is 0 Å². The van der Waals surface area contributed by atoms with Gasteiger partial charge in [0.25, 0.3) is 0 Å². The van der Waals surface area contributed by atoms with E-state index in [1.54, 1.807) is 26.8 Å². The van der Waals surface area contributed by atoms with Crippen LogP contribution in [-0.4, -0.2) is 110 Å². The average Bonchev–Trinajstić information content (AvgIpc) is 3.29. The minimum Gasteiger partial charge on any atom is -0.458 e. The lowest BCUT2D eigenvalue weighted by molar-refractivity contribution is -0.314. The average molecular weight is 981 g/mol. The van der Waals surface area contributed by atoms with Gasteiger partial charge >= 0.3 is 11.9 Å². The first kappa shape index (κ1) is 56.6. The van der Waals surface area contributed by atoms with Crippen LogP contribution in [0.25, 0.3) is 0 Å². The van der Waals surface area contributed by atoms with Gasteiger partial charge in [0.1, 0.15) is 18.3 Å². The molecule has 6 aliphatic rings. The fourth-order valence-electron chi connectivity index (χ4n) is 15.2. The fourth-order valence-corrected chi connectivity index (χ4v) is 15.2. The second-order valence-electron chi connectivity index (χ2n) is 25.3. The van der Waals surface area contributed by atoms with Gasteiger partial charge in [-0.1, -0.05) is 98.3 Å². The topological polar surface area (TPSA) is 192 Å². The van der Waals surface area contributed by atoms with Crippen molar-refractivity contribution >= 4 is 11.9 Å². The number of rotatable bonds is 17. The zero-order valence-electron chi connectivity index (χ0n) is 44.9. The van der Waals surface area contributed by atoms with E-state index < -0.39 is 90.1 Å². The standard InChI is InChI=1S/C58H92O12/c1-15-53(10,66)26-18-20-38(34-60)49(65)69-47-36(5)67-50(46(63)45(47)62)70-54(11,16-2)27-19-21-37(33-59)48(64)68-44-32-58(17-3)40(30-51(44,6)7)39-22-23-42-55(12)28-24-35(4)52(8,9)41(55)25-29-56(42,13)57(39,14)31-43(58)61/h15-16,20-22,35-36,40-47,50,59-63,66H,1-2,17-19,23-34H2,3-14H3/b37-21+,38-20+/t35?,36?,40?,41?,42?,43?,44?,45?,46?,47?,50?,53?,54-,55?,56?,57?,58?/m1/s1. The largest absolute Gasteiger partial charge is 0.458 e. The Bertz CT molecular complexity index is 2030. The lowest BCUT2D eigenvalue weighted by Gasteiger charge is -2.72. The monoisotopic (exact) mass is 981 g/mol. The lowest BCUT2D eigenvalue weighted by atomic mass is 9.32. The second-order valence-corrected chi connectivity index (χ2v) is 25.3. The minimum atomic E-state index is -1.64. The maximum absolute atomic E-state index is 14.1. The van der Waals surface area contributed by atoms with Crippen molar-refractivity contribution in [3.63, 3.8) is 0 Å². The molecule has 6 N–H and O–H groups in total. The van der Waals surface area contributed by atoms with E-state index in [2.05, 4.69) is 81.5 Å². The Hall–Kier alpha value is -2.68. The Morgan fingerprint density at radius 2 is 1.44 bits per heavy atom. The van der Waals surface area contributed by atoms with Crippen LogP contribution in [-0.2, 0) is 28.5 Å². The zero-order chi connectivity index (χ0) is 52.2. The Balaban J connectivity index is 1.10. The highest BCUT2D eigenvalue weighted by Gasteiger charge is 2.70. The molecule has 4 saturated carbocycles. The Labute approximate surface area is 420 Å². The SMILES string of the molecule is C=CC(C)(O)CC/C=C(\CO)C(=O)OC1C(C)OC(O[C@](C)(C=C)CC/C=C(\CO)C(=O)OC2CC3(CC)C(O)CC4(C)C(=CCC5C6(C)CCC(C)C(C)(C)C6CCC54C)C3CC2(C)C)C(O)C1O. The number of hydrogen-bond donors (Lipinski definition) is 6. The molecule has 1 aliphatic heterocycles. The molecule has 0 aromatic rings. The molecule has 396 valence electrons. The molecule has 12 heteroatoms. The summed E-state index contributed by atoms with van der Waals surface area (Å²) in [4.78, 5) is 27.0. The van der Waals surface area contributed by atoms with Crippen molar-refractivity contribution in [3.8, 4) is 0 Å². The first-order valence-electron chi connectivity index (χ1n) is 26.6. The fraction of sp³-hybridized carbons (Fsp3) is 0.793. The van der Waals surface area contributed by atoms with E-state index in [-0.39, 0.29) is 59.0 Å². The molecule has 1 saturated heterocycles. The quantitative estimate of drug-likeness (QED) is 0.0461. The summed E-state index contributed by atoms with van der Waals surface area (Å²) in [6, 6.07) is 0. The first-order valence-corrected chi connectivity index (χ1v) is 26.6. The summed E-state index contributed by atoms with van der Waals surface area (Å²) in [7, 11) is 0. The Morgan fingerprint density at radius 1 is 0.829 bits per heavy atom. The summed E-state index contributed by atoms with van der Waals surface area (Å²) in [5.74, 6) is 0.595. The van der Waals surface area contributed by atoms with E-state index in [4.69, 9.17) is 18.9 Å². The number of fused-ring (bicyclic) bond motifs is 7. The number of aliphatic hydroxyl groups is 6. The molecule has 1 heterocycles. The molecule has 0 aromatic heterocycles. The summed E-state index contributed by atoms with van der Waals surface area (Å²) in [6.07, 6.45) is 10.5. The van der Waals surface area contributed by atoms with Gasteiger partial charge in [0.15, 0.2) is 12.4 Å². The van der Waals surface area contributed by atoms with Gasteiger partial charge in [-0.2, -0.15) is 0 Å². The van der Waals surface area contributed by atoms with E-state index in [1.165, 1.54) is 49.5 Å². The van der Waals surface area contributed by atoms with E-state index in [9.17, 15) is 40.2 Å². The zero-order valence-corrected chi connectivity index (χ0v) is 44.9. The van der Waals surface area contributed by atoms with Crippen LogP contribution in [0.5, 0.6) is 0 Å². The minimum absolute atomic E-state index is 0.0603. The van der Waals surface area contributed by atoms with E-state index >= 15 is 0 Å². The molecule has 70 heavy (non-hydrogen) atoms. The normalized spacial score (nSPS) is 42.0. The third kappa shape index (κ3) is 10.0. The van der Waals surface area contributed by atoms with Crippen LogP contribution in [0.15, 0.2) is 60.3 Å². The van der Waals surface area contributed by atoms with Crippen LogP contribution in [0, 0.1) is 56.2 Å². The summed E-state index contributed by atoms with van der Waals surface area (Å²) < 4.78 is 24.1. The van der Waals surface area contributed by atoms with Gasteiger partial charge in [-0.05, 0) is 150 Å². The molecular formula is C58H92O12. The van der Waals surface area contributed by atoms with Crippen molar-refractivity contribution in [2.45, 2.75) is 221 Å². The maximum Gasteiger partial charge on any atom is 0.336 e. The molecule has 0 bridgehead atoms. The van der Waals surface area contributed by atoms with Crippen molar-refractivity contribution in [2.24, 2.45) is 56.2 Å². The first-order chi connectivity index (χ1) is 32.5. The van der Waals surface area contributed by atoms with Crippen LogP contribution < -0.4 is 0 Å². The van der Waals surface area contributed by atoms with E-state index in [0.717, 1.165) is 19.3 Å². The molecule has 0 spiro atoms. The van der Waals surface area contributed by atoms with E-state index in [0.29, 0.717) is 36.0 Å². The predicted octanol–water partition coefficient (Wildman–Crippen LogP) is 9.00. The number of aliphatic hydroxyl groups excluding tert-OH is 5. The third-order valence-electron chi connectivity index (χ3n) is 20.7. The van der Waals surface area contributed by atoms with Gasteiger partial charge in [-0.3, -0.25) is 0 Å². The number of carbonyl (C=O) groups is 2. The molecule has 0 aromatic carbocycles. The van der Waals surface area contributed by atoms with Crippen LogP contribution in [0.2, 0.25) is 0 Å². The Kier molecular flexibility index (Phi) is 16.6. The molecule has 6 rings (SSSR count). The number of esters is 2. The molecule has 0 radical (unpaired) electrons. The lowest BCUT2D eigenvalue weighted by Crippen LogP contribution is -2.67. The van der Waals surface area contributed by atoms with Crippen LogP contribution in [0.3, 0.4) is 0 Å². The van der Waals surface area contributed by atoms with Crippen molar-refractivity contribution in [3.05, 3.63) is 60.3 Å². The molecule has 5 fully saturated rings. The summed E-state index contributed by atoms with van der Waals surface area (Å²) >= 11 is 0. The van der Waals surface area contributed by atoms with Crippen molar-refractivity contribution < 1.29 is 59.2 Å². The molecule has 0 amide bonds. The third-order valence-corrected chi connectivity index (χ3v) is 20.7.